The molecule has 0 unspecified atom stereocenters. The molecule has 2 aromatic carbocycles. The first kappa shape index (κ1) is 17.7. The standard InChI is InChI=1S/C24H22N2O2/c1-27-23-10-6-19(7-11-23)25-21-14-17-4-3-5-18(17)15-22(16-21)26-20-8-12-24(28-2)13-9-20/h3-16,25-26H,1-2H3. The first-order valence-electron chi connectivity index (χ1n) is 9.09. The third-order valence-electron chi connectivity index (χ3n) is 4.58. The van der Waals surface area contributed by atoms with Crippen LogP contribution in [0.1, 0.15) is 0 Å². The van der Waals surface area contributed by atoms with E-state index < -0.39 is 0 Å². The van der Waals surface area contributed by atoms with Gasteiger partial charge in [-0.2, -0.15) is 0 Å². The van der Waals surface area contributed by atoms with Crippen LogP contribution in [-0.2, 0) is 0 Å². The molecule has 0 fully saturated rings. The lowest BCUT2D eigenvalue weighted by Crippen LogP contribution is -1.92. The Morgan fingerprint density at radius 2 is 0.929 bits per heavy atom. The van der Waals surface area contributed by atoms with Crippen LogP contribution in [0.15, 0.2) is 84.9 Å². The van der Waals surface area contributed by atoms with Crippen molar-refractivity contribution < 1.29 is 9.47 Å². The second-order valence-corrected chi connectivity index (χ2v) is 6.49. The third-order valence-corrected chi connectivity index (χ3v) is 4.58. The highest BCUT2D eigenvalue weighted by Crippen LogP contribution is 2.32. The van der Waals surface area contributed by atoms with Crippen LogP contribution in [0.2, 0.25) is 0 Å². The molecule has 0 radical (unpaired) electrons. The molecule has 0 heterocycles. The third kappa shape index (κ3) is 4.01. The van der Waals surface area contributed by atoms with E-state index in [1.54, 1.807) is 14.2 Å². The Kier molecular flexibility index (Phi) is 5.02. The summed E-state index contributed by atoms with van der Waals surface area (Å²) in [4.78, 5) is 0. The Morgan fingerprint density at radius 3 is 1.32 bits per heavy atom. The van der Waals surface area contributed by atoms with Crippen molar-refractivity contribution in [3.63, 3.8) is 0 Å². The highest BCUT2D eigenvalue weighted by Gasteiger charge is 2.06. The van der Waals surface area contributed by atoms with E-state index in [-0.39, 0.29) is 0 Å². The molecule has 0 saturated carbocycles. The van der Waals surface area contributed by atoms with Crippen LogP contribution in [0, 0.1) is 0 Å². The van der Waals surface area contributed by atoms with Gasteiger partial charge in [-0.25, -0.2) is 0 Å². The molecular formula is C24H22N2O2. The van der Waals surface area contributed by atoms with Crippen molar-refractivity contribution >= 4 is 22.7 Å². The topological polar surface area (TPSA) is 42.5 Å². The van der Waals surface area contributed by atoms with E-state index in [4.69, 9.17) is 9.47 Å². The van der Waals surface area contributed by atoms with Crippen molar-refractivity contribution in [2.75, 3.05) is 24.9 Å². The smallest absolute Gasteiger partial charge is 0.119 e. The number of rotatable bonds is 6. The average Bonchev–Trinajstić information content (AvgIpc) is 3.08. The van der Waals surface area contributed by atoms with Crippen molar-refractivity contribution in [1.82, 2.24) is 0 Å². The number of anilines is 4. The van der Waals surface area contributed by atoms with Crippen LogP contribution in [-0.4, -0.2) is 14.2 Å². The Bertz CT molecular complexity index is 946. The lowest BCUT2D eigenvalue weighted by atomic mass is 10.2. The van der Waals surface area contributed by atoms with Crippen molar-refractivity contribution in [2.45, 2.75) is 0 Å². The second-order valence-electron chi connectivity index (χ2n) is 6.49. The number of ether oxygens (including phenoxy) is 2. The summed E-state index contributed by atoms with van der Waals surface area (Å²) >= 11 is 0. The Hall–Kier alpha value is -3.66. The van der Waals surface area contributed by atoms with Gasteiger partial charge in [0.2, 0.25) is 0 Å². The fraction of sp³-hybridized carbons (Fsp3) is 0.0833. The van der Waals surface area contributed by atoms with Gasteiger partial charge in [0.05, 0.1) is 14.2 Å². The molecule has 0 aromatic heterocycles. The summed E-state index contributed by atoms with van der Waals surface area (Å²) in [5, 5.41) is 6.97. The van der Waals surface area contributed by atoms with Crippen LogP contribution in [0.5, 0.6) is 11.5 Å². The summed E-state index contributed by atoms with van der Waals surface area (Å²) in [6, 6.07) is 28.5. The predicted molar refractivity (Wildman–Crippen MR) is 116 cm³/mol. The first-order chi connectivity index (χ1) is 13.7. The number of benzene rings is 2. The van der Waals surface area contributed by atoms with Gasteiger partial charge < -0.3 is 20.1 Å². The van der Waals surface area contributed by atoms with E-state index in [9.17, 15) is 0 Å². The van der Waals surface area contributed by atoms with Crippen LogP contribution in [0.25, 0.3) is 11.1 Å². The number of fused-ring (bicyclic) bond motifs is 1. The highest BCUT2D eigenvalue weighted by atomic mass is 16.5. The number of nitrogens with one attached hydrogen (secondary N) is 2. The maximum atomic E-state index is 5.24. The molecule has 28 heavy (non-hydrogen) atoms. The molecule has 0 amide bonds. The molecule has 0 aliphatic heterocycles. The summed E-state index contributed by atoms with van der Waals surface area (Å²) in [5.41, 5.74) is 6.37. The zero-order valence-electron chi connectivity index (χ0n) is 15.9. The normalized spacial score (nSPS) is 10.5. The minimum atomic E-state index is 0.837. The van der Waals surface area contributed by atoms with Crippen molar-refractivity contribution in [2.24, 2.45) is 0 Å². The molecule has 4 rings (SSSR count). The number of hydrogen-bond acceptors (Lipinski definition) is 4. The van der Waals surface area contributed by atoms with Gasteiger partial charge in [-0.15, -0.1) is 0 Å². The van der Waals surface area contributed by atoms with Crippen LogP contribution in [0.3, 0.4) is 0 Å². The molecule has 2 aromatic rings. The van der Waals surface area contributed by atoms with E-state index in [1.165, 1.54) is 11.1 Å². The minimum absolute atomic E-state index is 0.837. The zero-order chi connectivity index (χ0) is 19.3. The summed E-state index contributed by atoms with van der Waals surface area (Å²) in [6.07, 6.45) is 0. The van der Waals surface area contributed by atoms with E-state index in [0.717, 1.165) is 34.2 Å². The van der Waals surface area contributed by atoms with Gasteiger partial charge in [0.15, 0.2) is 0 Å². The lowest BCUT2D eigenvalue weighted by Gasteiger charge is -2.09. The van der Waals surface area contributed by atoms with Gasteiger partial charge in [-0.1, -0.05) is 18.2 Å². The lowest BCUT2D eigenvalue weighted by molar-refractivity contribution is 0.415. The van der Waals surface area contributed by atoms with Crippen LogP contribution in [0.4, 0.5) is 22.7 Å². The van der Waals surface area contributed by atoms with Gasteiger partial charge in [-0.05, 0) is 77.9 Å². The maximum absolute atomic E-state index is 5.24. The van der Waals surface area contributed by atoms with Crippen molar-refractivity contribution in [3.05, 3.63) is 84.9 Å². The molecule has 0 bridgehead atoms. The maximum Gasteiger partial charge on any atom is 0.119 e. The molecule has 140 valence electrons. The quantitative estimate of drug-likeness (QED) is 0.418. The zero-order valence-corrected chi connectivity index (χ0v) is 15.9. The summed E-state index contributed by atoms with van der Waals surface area (Å²) in [6.45, 7) is 0. The molecule has 0 atom stereocenters. The highest BCUT2D eigenvalue weighted by molar-refractivity contribution is 5.78. The molecule has 0 spiro atoms. The SMILES string of the molecule is COc1ccc(Nc2cc(Nc3ccc(OC)cc3)cc3cccc-3c2)cc1. The van der Waals surface area contributed by atoms with E-state index >= 15 is 0 Å². The molecule has 4 nitrogen and oxygen atoms in total. The van der Waals surface area contributed by atoms with Gasteiger partial charge >= 0.3 is 0 Å². The van der Waals surface area contributed by atoms with Crippen molar-refractivity contribution in [3.8, 4) is 22.6 Å². The van der Waals surface area contributed by atoms with Gasteiger partial charge in [0.25, 0.3) is 0 Å². The molecule has 2 N–H and O–H groups in total. The van der Waals surface area contributed by atoms with Crippen LogP contribution < -0.4 is 20.1 Å². The van der Waals surface area contributed by atoms with Crippen LogP contribution >= 0.6 is 0 Å². The monoisotopic (exact) mass is 370 g/mol. The van der Waals surface area contributed by atoms with Gasteiger partial charge in [0.1, 0.15) is 11.5 Å². The minimum Gasteiger partial charge on any atom is -0.497 e. The Labute approximate surface area is 165 Å². The molecule has 2 aliphatic rings. The summed E-state index contributed by atoms with van der Waals surface area (Å²) < 4.78 is 10.5. The first-order valence-corrected chi connectivity index (χ1v) is 9.09. The van der Waals surface area contributed by atoms with Crippen molar-refractivity contribution in [1.29, 1.82) is 0 Å². The Morgan fingerprint density at radius 1 is 0.500 bits per heavy atom. The molecule has 2 aliphatic carbocycles. The van der Waals surface area contributed by atoms with E-state index in [1.807, 2.05) is 48.5 Å². The molecular weight excluding hydrogens is 348 g/mol. The van der Waals surface area contributed by atoms with E-state index in [0.29, 0.717) is 0 Å². The Balaban J connectivity index is 1.65. The van der Waals surface area contributed by atoms with Gasteiger partial charge in [-0.3, -0.25) is 0 Å². The number of hydrogen-bond donors (Lipinski definition) is 2. The second kappa shape index (κ2) is 7.92. The van der Waals surface area contributed by atoms with E-state index in [2.05, 4.69) is 47.0 Å². The summed E-state index contributed by atoms with van der Waals surface area (Å²) in [5.74, 6) is 1.67. The number of methoxy groups -OCH3 is 2. The molecule has 0 saturated heterocycles. The largest absolute Gasteiger partial charge is 0.497 e. The fourth-order valence-corrected chi connectivity index (χ4v) is 3.12. The predicted octanol–water partition coefficient (Wildman–Crippen LogP) is 6.30. The molecule has 4 heteroatoms. The average molecular weight is 370 g/mol. The van der Waals surface area contributed by atoms with Gasteiger partial charge in [0, 0.05) is 22.7 Å². The fourth-order valence-electron chi connectivity index (χ4n) is 3.12. The summed E-state index contributed by atoms with van der Waals surface area (Å²) in [7, 11) is 3.34.